The molecule has 2 atom stereocenters. The molecule has 3 aliphatic rings. The number of halogens is 1. The van der Waals surface area contributed by atoms with Crippen LogP contribution in [-0.2, 0) is 9.53 Å². The Labute approximate surface area is 178 Å². The number of aromatic nitrogens is 4. The Hall–Kier alpha value is -3.07. The van der Waals surface area contributed by atoms with Crippen molar-refractivity contribution in [1.82, 2.24) is 24.5 Å². The normalized spacial score (nSPS) is 25.0. The summed E-state index contributed by atoms with van der Waals surface area (Å²) in [5.41, 5.74) is 1.11. The molecule has 1 amide bonds. The standard InChI is InChI=1S/C22H23FN6O2/c1-14-16(23)12-15(13-25-14)17-2-3-20-28(17)21(30)22(31-20)6-10-27(11-7-22)19-5-8-24-18-4-9-26-29(18)19/h4-5,8-9,12-13,17,20H,2-3,6-7,10-11H2,1H3/t17-,20+/m0/s1. The Morgan fingerprint density at radius 1 is 1.16 bits per heavy atom. The van der Waals surface area contributed by atoms with Gasteiger partial charge in [-0.15, -0.1) is 0 Å². The van der Waals surface area contributed by atoms with Gasteiger partial charge in [0.25, 0.3) is 5.91 Å². The molecule has 0 saturated carbocycles. The lowest BCUT2D eigenvalue weighted by molar-refractivity contribution is -0.140. The quantitative estimate of drug-likeness (QED) is 0.632. The number of anilines is 1. The van der Waals surface area contributed by atoms with Gasteiger partial charge in [-0.25, -0.2) is 9.37 Å². The number of carbonyl (C=O) groups is 1. The van der Waals surface area contributed by atoms with E-state index in [1.165, 1.54) is 6.07 Å². The number of aryl methyl sites for hydroxylation is 1. The third kappa shape index (κ3) is 2.76. The number of hydrogen-bond donors (Lipinski definition) is 0. The minimum atomic E-state index is -0.799. The zero-order chi connectivity index (χ0) is 21.2. The lowest BCUT2D eigenvalue weighted by atomic mass is 9.89. The van der Waals surface area contributed by atoms with Gasteiger partial charge in [-0.2, -0.15) is 9.61 Å². The maximum atomic E-state index is 14.1. The minimum absolute atomic E-state index is 0.0274. The molecule has 8 nitrogen and oxygen atoms in total. The predicted molar refractivity (Wildman–Crippen MR) is 110 cm³/mol. The van der Waals surface area contributed by atoms with E-state index in [9.17, 15) is 9.18 Å². The largest absolute Gasteiger partial charge is 0.356 e. The van der Waals surface area contributed by atoms with E-state index in [0.717, 1.165) is 29.9 Å². The summed E-state index contributed by atoms with van der Waals surface area (Å²) in [6.45, 7) is 3.02. The molecule has 0 bridgehead atoms. The van der Waals surface area contributed by atoms with Crippen molar-refractivity contribution >= 4 is 17.4 Å². The molecule has 3 aliphatic heterocycles. The van der Waals surface area contributed by atoms with E-state index >= 15 is 0 Å². The van der Waals surface area contributed by atoms with Crippen LogP contribution in [-0.4, -0.2) is 55.3 Å². The van der Waals surface area contributed by atoms with Crippen LogP contribution in [0, 0.1) is 12.7 Å². The van der Waals surface area contributed by atoms with Crippen molar-refractivity contribution < 1.29 is 13.9 Å². The summed E-state index contributed by atoms with van der Waals surface area (Å²) in [7, 11) is 0. The number of piperidine rings is 1. The average molecular weight is 422 g/mol. The van der Waals surface area contributed by atoms with Crippen molar-refractivity contribution in [3.8, 4) is 0 Å². The summed E-state index contributed by atoms with van der Waals surface area (Å²) in [5, 5.41) is 4.37. The second-order valence-electron chi connectivity index (χ2n) is 8.60. The highest BCUT2D eigenvalue weighted by atomic mass is 19.1. The van der Waals surface area contributed by atoms with Crippen LogP contribution in [0.2, 0.25) is 0 Å². The van der Waals surface area contributed by atoms with Crippen LogP contribution in [0.25, 0.3) is 5.65 Å². The fourth-order valence-electron chi connectivity index (χ4n) is 5.23. The Morgan fingerprint density at radius 3 is 2.81 bits per heavy atom. The van der Waals surface area contributed by atoms with Gasteiger partial charge < -0.3 is 14.5 Å². The molecule has 0 unspecified atom stereocenters. The first kappa shape index (κ1) is 18.7. The highest BCUT2D eigenvalue weighted by Gasteiger charge is 2.58. The number of rotatable bonds is 2. The zero-order valence-corrected chi connectivity index (χ0v) is 17.2. The smallest absolute Gasteiger partial charge is 0.257 e. The van der Waals surface area contributed by atoms with Gasteiger partial charge in [0.05, 0.1) is 17.9 Å². The number of amides is 1. The van der Waals surface area contributed by atoms with Crippen molar-refractivity contribution in [3.05, 3.63) is 53.9 Å². The first-order valence-corrected chi connectivity index (χ1v) is 10.7. The van der Waals surface area contributed by atoms with Crippen molar-refractivity contribution in [2.24, 2.45) is 0 Å². The van der Waals surface area contributed by atoms with Gasteiger partial charge in [-0.05, 0) is 37.5 Å². The summed E-state index contributed by atoms with van der Waals surface area (Å²) in [5.74, 6) is 0.660. The van der Waals surface area contributed by atoms with Gasteiger partial charge in [0.2, 0.25) is 0 Å². The lowest BCUT2D eigenvalue weighted by Gasteiger charge is -2.38. The van der Waals surface area contributed by atoms with Crippen molar-refractivity contribution in [2.45, 2.75) is 50.5 Å². The molecule has 6 heterocycles. The van der Waals surface area contributed by atoms with E-state index in [2.05, 4.69) is 20.0 Å². The summed E-state index contributed by atoms with van der Waals surface area (Å²) in [4.78, 5) is 26.1. The van der Waals surface area contributed by atoms with E-state index in [1.54, 1.807) is 25.5 Å². The van der Waals surface area contributed by atoms with Gasteiger partial charge in [-0.1, -0.05) is 0 Å². The molecule has 3 aromatic rings. The van der Waals surface area contributed by atoms with Crippen LogP contribution in [0.15, 0.2) is 36.8 Å². The topological polar surface area (TPSA) is 75.9 Å². The summed E-state index contributed by atoms with van der Waals surface area (Å²) < 4.78 is 22.3. The van der Waals surface area contributed by atoms with E-state index in [1.807, 2.05) is 21.5 Å². The molecule has 0 aromatic carbocycles. The van der Waals surface area contributed by atoms with Crippen LogP contribution >= 0.6 is 0 Å². The molecular weight excluding hydrogens is 399 g/mol. The van der Waals surface area contributed by atoms with Gasteiger partial charge in [-0.3, -0.25) is 9.78 Å². The number of ether oxygens (including phenoxy) is 1. The minimum Gasteiger partial charge on any atom is -0.356 e. The molecule has 0 radical (unpaired) electrons. The highest BCUT2D eigenvalue weighted by Crippen LogP contribution is 2.47. The first-order valence-electron chi connectivity index (χ1n) is 10.7. The average Bonchev–Trinajstić information content (AvgIpc) is 3.47. The Bertz CT molecular complexity index is 1170. The maximum absolute atomic E-state index is 14.1. The molecule has 3 saturated heterocycles. The number of pyridine rings is 1. The monoisotopic (exact) mass is 422 g/mol. The van der Waals surface area contributed by atoms with Crippen LogP contribution in [0.4, 0.5) is 10.2 Å². The summed E-state index contributed by atoms with van der Waals surface area (Å²) in [6.07, 6.45) is 7.69. The highest BCUT2D eigenvalue weighted by molar-refractivity contribution is 5.88. The van der Waals surface area contributed by atoms with E-state index in [-0.39, 0.29) is 24.0 Å². The molecule has 9 heteroatoms. The van der Waals surface area contributed by atoms with Crippen LogP contribution in [0.1, 0.15) is 43.0 Å². The zero-order valence-electron chi connectivity index (χ0n) is 17.2. The van der Waals surface area contributed by atoms with Crippen LogP contribution < -0.4 is 4.90 Å². The molecule has 6 rings (SSSR count). The molecule has 0 N–H and O–H groups in total. The Balaban J connectivity index is 1.23. The van der Waals surface area contributed by atoms with Crippen molar-refractivity contribution in [1.29, 1.82) is 0 Å². The number of carbonyl (C=O) groups excluding carboxylic acids is 1. The molecule has 160 valence electrons. The van der Waals surface area contributed by atoms with Gasteiger partial charge in [0.15, 0.2) is 11.2 Å². The Morgan fingerprint density at radius 2 is 2.00 bits per heavy atom. The SMILES string of the molecule is Cc1ncc([C@@H]2CC[C@H]3OC4(CCN(c5ccnc6ccnn56)CC4)C(=O)N32)cc1F. The second-order valence-corrected chi connectivity index (χ2v) is 8.60. The molecular formula is C22H23FN6O2. The summed E-state index contributed by atoms with van der Waals surface area (Å²) >= 11 is 0. The fraction of sp³-hybridized carbons (Fsp3) is 0.455. The molecule has 1 spiro atoms. The third-order valence-electron chi connectivity index (χ3n) is 6.92. The first-order chi connectivity index (χ1) is 15.1. The van der Waals surface area contributed by atoms with Gasteiger partial charge in [0, 0.05) is 44.4 Å². The summed E-state index contributed by atoms with van der Waals surface area (Å²) in [6, 6.07) is 5.15. The van der Waals surface area contributed by atoms with E-state index < -0.39 is 5.60 Å². The molecule has 31 heavy (non-hydrogen) atoms. The van der Waals surface area contributed by atoms with E-state index in [0.29, 0.717) is 31.6 Å². The van der Waals surface area contributed by atoms with Gasteiger partial charge >= 0.3 is 0 Å². The molecule has 3 aromatic heterocycles. The predicted octanol–water partition coefficient (Wildman–Crippen LogP) is 2.63. The van der Waals surface area contributed by atoms with Crippen molar-refractivity contribution in [2.75, 3.05) is 18.0 Å². The number of nitrogens with zero attached hydrogens (tertiary/aromatic N) is 6. The molecule has 0 aliphatic carbocycles. The Kier molecular flexibility index (Phi) is 4.05. The lowest BCUT2D eigenvalue weighted by Crippen LogP contribution is -2.50. The number of fused-ring (bicyclic) bond motifs is 2. The van der Waals surface area contributed by atoms with Crippen LogP contribution in [0.5, 0.6) is 0 Å². The van der Waals surface area contributed by atoms with Crippen LogP contribution in [0.3, 0.4) is 0 Å². The van der Waals surface area contributed by atoms with Crippen molar-refractivity contribution in [3.63, 3.8) is 0 Å². The van der Waals surface area contributed by atoms with E-state index in [4.69, 9.17) is 4.74 Å². The number of hydrogen-bond acceptors (Lipinski definition) is 6. The third-order valence-corrected chi connectivity index (χ3v) is 6.92. The molecule has 3 fully saturated rings. The fourth-order valence-corrected chi connectivity index (χ4v) is 5.23. The second kappa shape index (κ2) is 6.71. The maximum Gasteiger partial charge on any atom is 0.257 e. The van der Waals surface area contributed by atoms with Gasteiger partial charge in [0.1, 0.15) is 17.9 Å².